The van der Waals surface area contributed by atoms with Crippen molar-refractivity contribution in [2.75, 3.05) is 33.9 Å². The first kappa shape index (κ1) is 31.9. The first-order chi connectivity index (χ1) is 20.6. The molecular weight excluding hydrogens is 581 g/mol. The molecule has 43 heavy (non-hydrogen) atoms. The molecule has 2 unspecified atom stereocenters. The van der Waals surface area contributed by atoms with Crippen LogP contribution in [0.3, 0.4) is 0 Å². The zero-order valence-electron chi connectivity index (χ0n) is 25.0. The van der Waals surface area contributed by atoms with Crippen molar-refractivity contribution in [3.8, 4) is 11.5 Å². The average Bonchev–Trinajstić information content (AvgIpc) is 3.28. The van der Waals surface area contributed by atoms with Crippen LogP contribution in [0.4, 0.5) is 13.2 Å². The molecule has 1 aliphatic carbocycles. The van der Waals surface area contributed by atoms with E-state index in [0.717, 1.165) is 56.1 Å². The monoisotopic (exact) mass is 622 g/mol. The third-order valence-electron chi connectivity index (χ3n) is 9.62. The molecular formula is C33H42ClF3N2O4. The Balaban J connectivity index is 1.49. The summed E-state index contributed by atoms with van der Waals surface area (Å²) >= 11 is 6.07. The lowest BCUT2D eigenvalue weighted by atomic mass is 9.85. The fraction of sp³-hybridized carbons (Fsp3) is 0.606. The largest absolute Gasteiger partial charge is 0.493 e. The van der Waals surface area contributed by atoms with Gasteiger partial charge in [-0.15, -0.1) is 0 Å². The second-order valence-electron chi connectivity index (χ2n) is 12.1. The van der Waals surface area contributed by atoms with E-state index in [0.29, 0.717) is 50.4 Å². The molecule has 10 heteroatoms. The highest BCUT2D eigenvalue weighted by Crippen LogP contribution is 2.46. The lowest BCUT2D eigenvalue weighted by Gasteiger charge is -2.46. The summed E-state index contributed by atoms with van der Waals surface area (Å²) in [5.74, 6) is 1.31. The van der Waals surface area contributed by atoms with Crippen LogP contribution in [0.25, 0.3) is 0 Å². The number of benzene rings is 2. The van der Waals surface area contributed by atoms with Gasteiger partial charge in [-0.1, -0.05) is 49.4 Å². The summed E-state index contributed by atoms with van der Waals surface area (Å²) in [6.07, 6.45) is 4.03. The first-order valence-electron chi connectivity index (χ1n) is 15.5. The van der Waals surface area contributed by atoms with Crippen LogP contribution in [-0.2, 0) is 23.1 Å². The van der Waals surface area contributed by atoms with Crippen molar-refractivity contribution >= 4 is 17.5 Å². The molecule has 1 saturated heterocycles. The highest BCUT2D eigenvalue weighted by molar-refractivity contribution is 6.31. The SMILES string of the molecule is COc1cc2c(cc1OC)C(CCN1CCCCC1(O)c1cccc(Cl)c1C(F)(F)F)N(C(=O)C1CCCCCC1)CC2. The van der Waals surface area contributed by atoms with Crippen molar-refractivity contribution in [2.45, 2.75) is 88.6 Å². The number of alkyl halides is 3. The Hall–Kier alpha value is -2.49. The number of carbonyl (C=O) groups excluding carboxylic acids is 1. The second-order valence-corrected chi connectivity index (χ2v) is 12.5. The Morgan fingerprint density at radius 3 is 2.40 bits per heavy atom. The summed E-state index contributed by atoms with van der Waals surface area (Å²) in [5, 5.41) is 11.6. The second kappa shape index (κ2) is 13.2. The number of carbonyl (C=O) groups is 1. The maximum Gasteiger partial charge on any atom is 0.418 e. The maximum absolute atomic E-state index is 14.2. The summed E-state index contributed by atoms with van der Waals surface area (Å²) in [7, 11) is 3.17. The van der Waals surface area contributed by atoms with Gasteiger partial charge in [-0.25, -0.2) is 0 Å². The maximum atomic E-state index is 14.2. The van der Waals surface area contributed by atoms with Crippen LogP contribution >= 0.6 is 11.6 Å². The van der Waals surface area contributed by atoms with Gasteiger partial charge >= 0.3 is 6.18 Å². The molecule has 236 valence electrons. The highest BCUT2D eigenvalue weighted by Gasteiger charge is 2.47. The number of hydrogen-bond donors (Lipinski definition) is 1. The van der Waals surface area contributed by atoms with Crippen LogP contribution in [-0.4, -0.2) is 54.7 Å². The lowest BCUT2D eigenvalue weighted by molar-refractivity contribution is -0.162. The smallest absolute Gasteiger partial charge is 0.418 e. The van der Waals surface area contributed by atoms with Gasteiger partial charge in [0, 0.05) is 31.1 Å². The van der Waals surface area contributed by atoms with Crippen LogP contribution in [0.2, 0.25) is 5.02 Å². The molecule has 2 aromatic rings. The zero-order chi connectivity index (χ0) is 30.8. The Morgan fingerprint density at radius 1 is 1.02 bits per heavy atom. The number of nitrogens with zero attached hydrogens (tertiary/aromatic N) is 2. The van der Waals surface area contributed by atoms with Crippen LogP contribution in [0, 0.1) is 5.92 Å². The number of fused-ring (bicyclic) bond motifs is 1. The molecule has 6 nitrogen and oxygen atoms in total. The van der Waals surface area contributed by atoms with Gasteiger partial charge < -0.3 is 19.5 Å². The van der Waals surface area contributed by atoms with Crippen LogP contribution in [0.15, 0.2) is 30.3 Å². The van der Waals surface area contributed by atoms with Crippen molar-refractivity contribution in [1.29, 1.82) is 0 Å². The number of aliphatic hydroxyl groups is 1. The first-order valence-corrected chi connectivity index (χ1v) is 15.8. The molecule has 1 saturated carbocycles. The van der Waals surface area contributed by atoms with E-state index in [2.05, 4.69) is 0 Å². The van der Waals surface area contributed by atoms with Crippen molar-refractivity contribution < 1.29 is 32.5 Å². The van der Waals surface area contributed by atoms with Crippen molar-refractivity contribution in [2.24, 2.45) is 5.92 Å². The van der Waals surface area contributed by atoms with E-state index in [1.165, 1.54) is 18.2 Å². The minimum Gasteiger partial charge on any atom is -0.493 e. The highest BCUT2D eigenvalue weighted by atomic mass is 35.5. The molecule has 1 N–H and O–H groups in total. The van der Waals surface area contributed by atoms with Crippen molar-refractivity contribution in [1.82, 2.24) is 9.80 Å². The Labute approximate surface area is 257 Å². The number of ether oxygens (including phenoxy) is 2. The van der Waals surface area contributed by atoms with Gasteiger partial charge in [-0.2, -0.15) is 13.2 Å². The molecule has 2 atom stereocenters. The van der Waals surface area contributed by atoms with Gasteiger partial charge in [0.2, 0.25) is 5.91 Å². The standard InChI is InChI=1S/C33H42ClF3N2O4/c1-42-28-20-23-14-19-39(31(40)22-10-5-3-4-6-11-22)27(24(23)21-29(28)43-2)15-18-38-17-8-7-16-32(38,41)25-12-9-13-26(34)30(25)33(35,36)37/h9,12-13,20-22,27,41H,3-8,10-11,14-19H2,1-2H3. The number of methoxy groups -OCH3 is 2. The van der Waals surface area contributed by atoms with E-state index in [4.69, 9.17) is 21.1 Å². The summed E-state index contributed by atoms with van der Waals surface area (Å²) < 4.78 is 53.8. The molecule has 0 radical (unpaired) electrons. The summed E-state index contributed by atoms with van der Waals surface area (Å²) in [4.78, 5) is 17.8. The number of amides is 1. The van der Waals surface area contributed by atoms with E-state index in [1.807, 2.05) is 17.0 Å². The predicted octanol–water partition coefficient (Wildman–Crippen LogP) is 7.49. The molecule has 0 aromatic heterocycles. The quantitative estimate of drug-likeness (QED) is 0.324. The van der Waals surface area contributed by atoms with Gasteiger partial charge in [0.1, 0.15) is 5.72 Å². The molecule has 2 aliphatic heterocycles. The lowest BCUT2D eigenvalue weighted by Crippen LogP contribution is -2.52. The summed E-state index contributed by atoms with van der Waals surface area (Å²) in [6.45, 7) is 1.29. The average molecular weight is 623 g/mol. The van der Waals surface area contributed by atoms with Gasteiger partial charge in [0.15, 0.2) is 11.5 Å². The fourth-order valence-corrected chi connectivity index (χ4v) is 7.69. The van der Waals surface area contributed by atoms with Gasteiger partial charge in [-0.3, -0.25) is 9.69 Å². The Kier molecular flexibility index (Phi) is 9.83. The summed E-state index contributed by atoms with van der Waals surface area (Å²) in [5.41, 5.74) is -1.01. The van der Waals surface area contributed by atoms with E-state index >= 15 is 0 Å². The van der Waals surface area contributed by atoms with E-state index in [1.54, 1.807) is 19.1 Å². The minimum atomic E-state index is -4.72. The fourth-order valence-electron chi connectivity index (χ4n) is 7.41. The molecule has 2 heterocycles. The normalized spacial score (nSPS) is 23.9. The third kappa shape index (κ3) is 6.50. The molecule has 0 spiro atoms. The van der Waals surface area contributed by atoms with Gasteiger partial charge in [0.05, 0.1) is 30.8 Å². The topological polar surface area (TPSA) is 62.2 Å². The van der Waals surface area contributed by atoms with Crippen molar-refractivity contribution in [3.63, 3.8) is 0 Å². The Morgan fingerprint density at radius 2 is 1.72 bits per heavy atom. The van der Waals surface area contributed by atoms with Crippen molar-refractivity contribution in [3.05, 3.63) is 57.6 Å². The Bertz CT molecular complexity index is 1300. The van der Waals surface area contributed by atoms with Crippen LogP contribution < -0.4 is 9.47 Å². The van der Waals surface area contributed by atoms with Crippen LogP contribution in [0.1, 0.15) is 92.5 Å². The predicted molar refractivity (Wildman–Crippen MR) is 159 cm³/mol. The van der Waals surface area contributed by atoms with Gasteiger partial charge in [-0.05, 0) is 74.3 Å². The number of rotatable bonds is 7. The minimum absolute atomic E-state index is 0.0283. The zero-order valence-corrected chi connectivity index (χ0v) is 25.8. The molecule has 5 rings (SSSR count). The number of hydrogen-bond acceptors (Lipinski definition) is 5. The number of piperidine rings is 1. The number of halogens is 4. The third-order valence-corrected chi connectivity index (χ3v) is 9.93. The summed E-state index contributed by atoms with van der Waals surface area (Å²) in [6, 6.07) is 7.60. The van der Waals surface area contributed by atoms with E-state index in [9.17, 15) is 23.1 Å². The molecule has 1 amide bonds. The van der Waals surface area contributed by atoms with E-state index in [-0.39, 0.29) is 29.9 Å². The van der Waals surface area contributed by atoms with Crippen LogP contribution in [0.5, 0.6) is 11.5 Å². The molecule has 2 fully saturated rings. The molecule has 2 aromatic carbocycles. The molecule has 0 bridgehead atoms. The van der Waals surface area contributed by atoms with Gasteiger partial charge in [0.25, 0.3) is 0 Å². The molecule has 3 aliphatic rings. The number of likely N-dealkylation sites (tertiary alicyclic amines) is 1. The van der Waals surface area contributed by atoms with E-state index < -0.39 is 22.5 Å².